The minimum absolute atomic E-state index is 0.914. The van der Waals surface area contributed by atoms with Gasteiger partial charge in [-0.15, -0.1) is 0 Å². The quantitative estimate of drug-likeness (QED) is 0.201. The van der Waals surface area contributed by atoms with Crippen molar-refractivity contribution in [2.75, 3.05) is 0 Å². The van der Waals surface area contributed by atoms with Crippen LogP contribution < -0.4 is 0 Å². The first-order valence-corrected chi connectivity index (χ1v) is 14.8. The van der Waals surface area contributed by atoms with E-state index in [2.05, 4.69) is 152 Å². The number of hydrogen-bond acceptors (Lipinski definition) is 1. The average molecular weight is 547 g/mol. The van der Waals surface area contributed by atoms with Gasteiger partial charge in [0.05, 0.1) is 0 Å². The zero-order valence-electron chi connectivity index (χ0n) is 23.4. The van der Waals surface area contributed by atoms with Crippen molar-refractivity contribution in [3.05, 3.63) is 158 Å². The van der Waals surface area contributed by atoms with Gasteiger partial charge in [0.15, 0.2) is 0 Å². The number of rotatable bonds is 3. The van der Waals surface area contributed by atoms with E-state index in [0.717, 1.165) is 16.6 Å². The molecule has 0 spiro atoms. The number of fused-ring (bicyclic) bond motifs is 6. The average Bonchev–Trinajstić information content (AvgIpc) is 3.45. The molecule has 9 aromatic rings. The van der Waals surface area contributed by atoms with Gasteiger partial charge in [-0.3, -0.25) is 0 Å². The zero-order chi connectivity index (χ0) is 28.3. The van der Waals surface area contributed by atoms with Gasteiger partial charge in [0.25, 0.3) is 0 Å². The summed E-state index contributed by atoms with van der Waals surface area (Å²) >= 11 is 0. The first-order valence-electron chi connectivity index (χ1n) is 14.8. The molecule has 0 atom stereocenters. The Morgan fingerprint density at radius 2 is 0.837 bits per heavy atom. The maximum atomic E-state index is 6.50. The topological polar surface area (TPSA) is 13.1 Å². The third-order valence-corrected chi connectivity index (χ3v) is 8.83. The Hall–Kier alpha value is -5.66. The largest absolute Gasteiger partial charge is 0.456 e. The molecule has 1 nitrogen and oxygen atoms in total. The summed E-state index contributed by atoms with van der Waals surface area (Å²) in [6.07, 6.45) is 0. The van der Waals surface area contributed by atoms with Crippen LogP contribution in [0.3, 0.4) is 0 Å². The Morgan fingerprint density at radius 3 is 1.56 bits per heavy atom. The lowest BCUT2D eigenvalue weighted by Crippen LogP contribution is -1.92. The lowest BCUT2D eigenvalue weighted by atomic mass is 9.83. The Balaban J connectivity index is 1.46. The first-order chi connectivity index (χ1) is 21.3. The van der Waals surface area contributed by atoms with Crippen LogP contribution >= 0.6 is 0 Å². The van der Waals surface area contributed by atoms with Crippen LogP contribution in [0.1, 0.15) is 0 Å². The molecule has 43 heavy (non-hydrogen) atoms. The van der Waals surface area contributed by atoms with Crippen LogP contribution in [-0.2, 0) is 0 Å². The Kier molecular flexibility index (Phi) is 5.27. The number of para-hydroxylation sites is 1. The van der Waals surface area contributed by atoms with Gasteiger partial charge in [0.2, 0.25) is 0 Å². The molecule has 8 aromatic carbocycles. The van der Waals surface area contributed by atoms with Gasteiger partial charge >= 0.3 is 0 Å². The van der Waals surface area contributed by atoms with Gasteiger partial charge in [-0.05, 0) is 78.3 Å². The van der Waals surface area contributed by atoms with Crippen LogP contribution in [0.2, 0.25) is 0 Å². The molecule has 0 fully saturated rings. The minimum Gasteiger partial charge on any atom is -0.456 e. The summed E-state index contributed by atoms with van der Waals surface area (Å²) in [4.78, 5) is 0. The molecule has 0 radical (unpaired) electrons. The lowest BCUT2D eigenvalue weighted by molar-refractivity contribution is 0.669. The smallest absolute Gasteiger partial charge is 0.136 e. The summed E-state index contributed by atoms with van der Waals surface area (Å²) in [5.41, 5.74) is 9.24. The van der Waals surface area contributed by atoms with Crippen LogP contribution in [0.25, 0.3) is 87.6 Å². The second-order valence-electron chi connectivity index (χ2n) is 11.2. The highest BCUT2D eigenvalue weighted by Crippen LogP contribution is 2.49. The van der Waals surface area contributed by atoms with Crippen molar-refractivity contribution in [1.29, 1.82) is 0 Å². The predicted molar refractivity (Wildman–Crippen MR) is 183 cm³/mol. The van der Waals surface area contributed by atoms with Crippen molar-refractivity contribution in [1.82, 2.24) is 0 Å². The van der Waals surface area contributed by atoms with Crippen LogP contribution in [-0.4, -0.2) is 0 Å². The molecule has 1 heteroatoms. The van der Waals surface area contributed by atoms with Gasteiger partial charge in [0.1, 0.15) is 11.2 Å². The molecule has 1 heterocycles. The zero-order valence-corrected chi connectivity index (χ0v) is 23.4. The van der Waals surface area contributed by atoms with E-state index in [1.807, 2.05) is 6.07 Å². The summed E-state index contributed by atoms with van der Waals surface area (Å²) in [7, 11) is 0. The van der Waals surface area contributed by atoms with Crippen molar-refractivity contribution in [2.45, 2.75) is 0 Å². The summed E-state index contributed by atoms with van der Waals surface area (Å²) in [6.45, 7) is 0. The molecule has 0 bridgehead atoms. The van der Waals surface area contributed by atoms with Crippen LogP contribution in [0.15, 0.2) is 162 Å². The second-order valence-corrected chi connectivity index (χ2v) is 11.2. The van der Waals surface area contributed by atoms with E-state index in [4.69, 9.17) is 4.42 Å². The standard InChI is InChI=1S/C42H26O/c1-2-13-27(14-3-1)28-16-12-17-30(25-28)39-32-19-6-8-21-34(32)40(35-22-9-7-20-33(35)39)42-31-18-5-4-15-29(31)26-38-41(42)36-23-10-11-24-37(36)43-38/h1-26H. The maximum absolute atomic E-state index is 6.50. The van der Waals surface area contributed by atoms with E-state index in [1.54, 1.807) is 0 Å². The Bertz CT molecular complexity index is 2440. The summed E-state index contributed by atoms with van der Waals surface area (Å²) in [6, 6.07) is 56.7. The summed E-state index contributed by atoms with van der Waals surface area (Å²) < 4.78 is 6.50. The third kappa shape index (κ3) is 3.65. The van der Waals surface area contributed by atoms with E-state index in [-0.39, 0.29) is 0 Å². The minimum atomic E-state index is 0.914. The van der Waals surface area contributed by atoms with E-state index >= 15 is 0 Å². The lowest BCUT2D eigenvalue weighted by Gasteiger charge is -2.20. The van der Waals surface area contributed by atoms with Crippen LogP contribution in [0.5, 0.6) is 0 Å². The van der Waals surface area contributed by atoms with Gasteiger partial charge in [-0.25, -0.2) is 0 Å². The fourth-order valence-electron chi connectivity index (χ4n) is 7.00. The molecule has 0 unspecified atom stereocenters. The van der Waals surface area contributed by atoms with E-state index < -0.39 is 0 Å². The molecule has 0 N–H and O–H groups in total. The molecule has 0 aliphatic carbocycles. The molecular formula is C42H26O. The highest BCUT2D eigenvalue weighted by atomic mass is 16.3. The molecule has 0 amide bonds. The maximum Gasteiger partial charge on any atom is 0.136 e. The summed E-state index contributed by atoms with van der Waals surface area (Å²) in [5.74, 6) is 0. The third-order valence-electron chi connectivity index (χ3n) is 8.83. The SMILES string of the molecule is c1ccc(-c2cccc(-c3c4ccccc4c(-c4c5ccccc5cc5oc6ccccc6c45)c4ccccc34)c2)cc1. The monoisotopic (exact) mass is 546 g/mol. The van der Waals surface area contributed by atoms with Crippen molar-refractivity contribution in [3.63, 3.8) is 0 Å². The fraction of sp³-hybridized carbons (Fsp3) is 0. The van der Waals surface area contributed by atoms with Crippen molar-refractivity contribution in [2.24, 2.45) is 0 Å². The molecule has 0 saturated heterocycles. The molecular weight excluding hydrogens is 520 g/mol. The highest BCUT2D eigenvalue weighted by molar-refractivity contribution is 6.30. The molecule has 0 saturated carbocycles. The number of benzene rings is 8. The number of hydrogen-bond donors (Lipinski definition) is 0. The normalized spacial score (nSPS) is 11.7. The molecule has 0 aliphatic rings. The fourth-order valence-corrected chi connectivity index (χ4v) is 7.00. The van der Waals surface area contributed by atoms with Crippen molar-refractivity contribution >= 4 is 54.3 Å². The Labute approximate surface area is 249 Å². The van der Waals surface area contributed by atoms with Gasteiger partial charge < -0.3 is 4.42 Å². The van der Waals surface area contributed by atoms with Crippen LogP contribution in [0, 0.1) is 0 Å². The molecule has 200 valence electrons. The molecule has 0 aliphatic heterocycles. The first kappa shape index (κ1) is 24.0. The van der Waals surface area contributed by atoms with Gasteiger partial charge in [-0.2, -0.15) is 0 Å². The number of furan rings is 1. The molecule has 9 rings (SSSR count). The Morgan fingerprint density at radius 1 is 0.302 bits per heavy atom. The highest BCUT2D eigenvalue weighted by Gasteiger charge is 2.22. The van der Waals surface area contributed by atoms with E-state index in [1.165, 1.54) is 71.1 Å². The van der Waals surface area contributed by atoms with Crippen molar-refractivity contribution < 1.29 is 4.42 Å². The van der Waals surface area contributed by atoms with Gasteiger partial charge in [-0.1, -0.05) is 140 Å². The second kappa shape index (κ2) is 9.44. The summed E-state index contributed by atoms with van der Waals surface area (Å²) in [5, 5.41) is 9.70. The van der Waals surface area contributed by atoms with E-state index in [9.17, 15) is 0 Å². The van der Waals surface area contributed by atoms with Gasteiger partial charge in [0, 0.05) is 16.3 Å². The predicted octanol–water partition coefficient (Wildman–Crippen LogP) is 12.0. The van der Waals surface area contributed by atoms with Crippen LogP contribution in [0.4, 0.5) is 0 Å². The molecule has 1 aromatic heterocycles. The van der Waals surface area contributed by atoms with E-state index in [0.29, 0.717) is 0 Å². The van der Waals surface area contributed by atoms with Crippen molar-refractivity contribution in [3.8, 4) is 33.4 Å².